The van der Waals surface area contributed by atoms with E-state index in [1.807, 2.05) is 65.0 Å². The molecule has 2 aromatic rings. The Labute approximate surface area is 273 Å². The van der Waals surface area contributed by atoms with Crippen molar-refractivity contribution < 1.29 is 38.1 Å². The maximum Gasteiger partial charge on any atom is 0.410 e. The van der Waals surface area contributed by atoms with Crippen molar-refractivity contribution in [2.24, 2.45) is 5.92 Å². The van der Waals surface area contributed by atoms with E-state index in [4.69, 9.17) is 23.7 Å². The average molecular weight is 642 g/mol. The average Bonchev–Trinajstić information content (AvgIpc) is 3.01. The molecule has 1 fully saturated rings. The van der Waals surface area contributed by atoms with Crippen LogP contribution in [-0.4, -0.2) is 99.3 Å². The maximum absolute atomic E-state index is 14.1. The molecule has 2 atom stereocenters. The van der Waals surface area contributed by atoms with Crippen molar-refractivity contribution in [2.75, 3.05) is 53.7 Å². The molecular weight excluding hydrogens is 590 g/mol. The van der Waals surface area contributed by atoms with Crippen molar-refractivity contribution in [3.8, 4) is 11.5 Å². The summed E-state index contributed by atoms with van der Waals surface area (Å²) in [4.78, 5) is 43.3. The molecule has 1 aliphatic rings. The lowest BCUT2D eigenvalue weighted by molar-refractivity contribution is -0.00795. The number of rotatable bonds is 14. The highest BCUT2D eigenvalue weighted by Gasteiger charge is 2.38. The summed E-state index contributed by atoms with van der Waals surface area (Å²) in [5.74, 6) is 0.583. The largest absolute Gasteiger partial charge is 0.493 e. The third kappa shape index (κ3) is 11.4. The summed E-state index contributed by atoms with van der Waals surface area (Å²) < 4.78 is 27.8. The number of methoxy groups -OCH3 is 2. The van der Waals surface area contributed by atoms with Crippen LogP contribution in [-0.2, 0) is 20.6 Å². The monoisotopic (exact) mass is 641 g/mol. The lowest BCUT2D eigenvalue weighted by Crippen LogP contribution is -2.57. The minimum Gasteiger partial charge on any atom is -0.493 e. The lowest BCUT2D eigenvalue weighted by Gasteiger charge is -2.44. The summed E-state index contributed by atoms with van der Waals surface area (Å²) in [6, 6.07) is 14.5. The first-order valence-electron chi connectivity index (χ1n) is 16.0. The van der Waals surface area contributed by atoms with Gasteiger partial charge in [-0.25, -0.2) is 9.59 Å². The minimum absolute atomic E-state index is 0.0924. The van der Waals surface area contributed by atoms with Gasteiger partial charge in [-0.15, -0.1) is 0 Å². The molecule has 3 rings (SSSR count). The topological polar surface area (TPSA) is 116 Å². The van der Waals surface area contributed by atoms with E-state index in [9.17, 15) is 14.4 Å². The fourth-order valence-electron chi connectivity index (χ4n) is 5.45. The number of amides is 3. The van der Waals surface area contributed by atoms with Crippen LogP contribution in [0.15, 0.2) is 48.5 Å². The normalized spacial score (nSPS) is 16.5. The van der Waals surface area contributed by atoms with Gasteiger partial charge in [-0.3, -0.25) is 4.79 Å². The summed E-state index contributed by atoms with van der Waals surface area (Å²) in [7, 11) is 3.19. The molecule has 0 radical (unpaired) electrons. The van der Waals surface area contributed by atoms with E-state index in [-0.39, 0.29) is 37.1 Å². The maximum atomic E-state index is 14.1. The number of ether oxygens (including phenoxy) is 5. The molecule has 11 heteroatoms. The summed E-state index contributed by atoms with van der Waals surface area (Å²) in [6.07, 6.45) is 0.922. The molecule has 254 valence electrons. The van der Waals surface area contributed by atoms with Crippen LogP contribution < -0.4 is 14.8 Å². The Hall–Kier alpha value is -3.99. The van der Waals surface area contributed by atoms with Crippen molar-refractivity contribution in [3.05, 3.63) is 59.7 Å². The fraction of sp³-hybridized carbons (Fsp3) is 0.571. The van der Waals surface area contributed by atoms with Crippen molar-refractivity contribution in [3.63, 3.8) is 0 Å². The van der Waals surface area contributed by atoms with Crippen molar-refractivity contribution in [2.45, 2.75) is 71.6 Å². The number of alkyl carbamates (subject to hydrolysis) is 1. The first-order chi connectivity index (χ1) is 21.9. The molecule has 2 unspecified atom stereocenters. The standard InChI is InChI=1S/C35H51N3O8/c1-25(2)38(32(39)28-14-15-30(43-7)31(21-28)44-19-11-18-42-6)29-20-27(22-37(23-29)34(41)46-35(3,4)5)24-45-33(40)36-17-16-26-12-9-8-10-13-26/h8-10,12-15,21,25,27,29H,11,16-20,22-24H2,1-7H3,(H,36,40). The van der Waals surface area contributed by atoms with Gasteiger partial charge in [0.15, 0.2) is 11.5 Å². The Morgan fingerprint density at radius 3 is 2.39 bits per heavy atom. The van der Waals surface area contributed by atoms with Crippen LogP contribution in [0.25, 0.3) is 0 Å². The minimum atomic E-state index is -0.690. The van der Waals surface area contributed by atoms with Gasteiger partial charge in [-0.05, 0) is 71.2 Å². The molecule has 1 N–H and O–H groups in total. The van der Waals surface area contributed by atoms with Crippen LogP contribution in [0.2, 0.25) is 0 Å². The number of hydrogen-bond donors (Lipinski definition) is 1. The second-order valence-corrected chi connectivity index (χ2v) is 12.8. The Morgan fingerprint density at radius 2 is 1.74 bits per heavy atom. The Morgan fingerprint density at radius 1 is 1.00 bits per heavy atom. The number of benzene rings is 2. The van der Waals surface area contributed by atoms with E-state index in [0.29, 0.717) is 62.6 Å². The molecule has 11 nitrogen and oxygen atoms in total. The summed E-state index contributed by atoms with van der Waals surface area (Å²) >= 11 is 0. The summed E-state index contributed by atoms with van der Waals surface area (Å²) in [5, 5.41) is 2.80. The third-order valence-corrected chi connectivity index (χ3v) is 7.49. The number of likely N-dealkylation sites (tertiary alicyclic amines) is 1. The summed E-state index contributed by atoms with van der Waals surface area (Å²) in [5.41, 5.74) is 0.868. The van der Waals surface area contributed by atoms with Crippen molar-refractivity contribution in [1.29, 1.82) is 0 Å². The van der Waals surface area contributed by atoms with Gasteiger partial charge in [-0.1, -0.05) is 30.3 Å². The predicted molar refractivity (Wildman–Crippen MR) is 175 cm³/mol. The van der Waals surface area contributed by atoms with E-state index in [1.165, 1.54) is 0 Å². The fourth-order valence-corrected chi connectivity index (χ4v) is 5.45. The SMILES string of the molecule is COCCCOc1cc(C(=O)N(C(C)C)C2CC(COC(=O)NCCc3ccccc3)CN(C(=O)OC(C)(C)C)C2)ccc1OC. The van der Waals surface area contributed by atoms with Gasteiger partial charge < -0.3 is 38.8 Å². The Bertz CT molecular complexity index is 1260. The zero-order chi connectivity index (χ0) is 33.7. The van der Waals surface area contributed by atoms with Gasteiger partial charge in [0.05, 0.1) is 26.4 Å². The first-order valence-corrected chi connectivity index (χ1v) is 16.0. The summed E-state index contributed by atoms with van der Waals surface area (Å²) in [6.45, 7) is 11.5. The lowest BCUT2D eigenvalue weighted by atomic mass is 9.92. The van der Waals surface area contributed by atoms with E-state index >= 15 is 0 Å². The number of hydrogen-bond acceptors (Lipinski definition) is 8. The molecule has 0 saturated carbocycles. The predicted octanol–water partition coefficient (Wildman–Crippen LogP) is 5.56. The quantitative estimate of drug-likeness (QED) is 0.267. The smallest absolute Gasteiger partial charge is 0.410 e. The molecule has 3 amide bonds. The highest BCUT2D eigenvalue weighted by Crippen LogP contribution is 2.31. The van der Waals surface area contributed by atoms with Gasteiger partial charge in [0.2, 0.25) is 0 Å². The van der Waals surface area contributed by atoms with Crippen LogP contribution in [0.5, 0.6) is 11.5 Å². The van der Waals surface area contributed by atoms with Gasteiger partial charge in [-0.2, -0.15) is 0 Å². The molecule has 2 aromatic carbocycles. The third-order valence-electron chi connectivity index (χ3n) is 7.49. The molecule has 1 aliphatic heterocycles. The molecule has 1 saturated heterocycles. The molecule has 0 aliphatic carbocycles. The van der Waals surface area contributed by atoms with E-state index in [1.54, 1.807) is 42.2 Å². The van der Waals surface area contributed by atoms with E-state index in [2.05, 4.69) is 5.32 Å². The second-order valence-electron chi connectivity index (χ2n) is 12.8. The highest BCUT2D eigenvalue weighted by atomic mass is 16.6. The van der Waals surface area contributed by atoms with Gasteiger partial charge in [0.1, 0.15) is 5.60 Å². The zero-order valence-electron chi connectivity index (χ0n) is 28.4. The van der Waals surface area contributed by atoms with E-state index in [0.717, 1.165) is 5.56 Å². The number of carbonyl (C=O) groups is 3. The number of nitrogens with one attached hydrogen (secondary N) is 1. The number of nitrogens with zero attached hydrogens (tertiary/aromatic N) is 2. The van der Waals surface area contributed by atoms with Crippen molar-refractivity contribution >= 4 is 18.1 Å². The molecule has 46 heavy (non-hydrogen) atoms. The Balaban J connectivity index is 1.76. The van der Waals surface area contributed by atoms with Crippen LogP contribution in [0, 0.1) is 5.92 Å². The second kappa shape index (κ2) is 17.6. The van der Waals surface area contributed by atoms with Crippen LogP contribution in [0.4, 0.5) is 9.59 Å². The molecular formula is C35H51N3O8. The number of piperidine rings is 1. The molecule has 0 spiro atoms. The van der Waals surface area contributed by atoms with Crippen LogP contribution in [0.1, 0.15) is 63.4 Å². The van der Waals surface area contributed by atoms with Crippen LogP contribution >= 0.6 is 0 Å². The zero-order valence-corrected chi connectivity index (χ0v) is 28.4. The molecule has 0 aromatic heterocycles. The number of carbonyl (C=O) groups excluding carboxylic acids is 3. The van der Waals surface area contributed by atoms with Crippen LogP contribution in [0.3, 0.4) is 0 Å². The first kappa shape index (κ1) is 36.5. The van der Waals surface area contributed by atoms with Gasteiger partial charge in [0, 0.05) is 57.3 Å². The van der Waals surface area contributed by atoms with Gasteiger partial charge >= 0.3 is 12.2 Å². The molecule has 1 heterocycles. The highest BCUT2D eigenvalue weighted by molar-refractivity contribution is 5.95. The molecule has 0 bridgehead atoms. The van der Waals surface area contributed by atoms with Gasteiger partial charge in [0.25, 0.3) is 5.91 Å². The van der Waals surface area contributed by atoms with E-state index < -0.39 is 17.8 Å². The Kier molecular flexibility index (Phi) is 14.0. The van der Waals surface area contributed by atoms with Crippen molar-refractivity contribution in [1.82, 2.24) is 15.1 Å².